The molecule has 0 heterocycles. The van der Waals surface area contributed by atoms with Gasteiger partial charge >= 0.3 is 0 Å². The van der Waals surface area contributed by atoms with Gasteiger partial charge in [-0.3, -0.25) is 4.55 Å². The second-order valence-electron chi connectivity index (χ2n) is 3.00. The first-order chi connectivity index (χ1) is 4.95. The van der Waals surface area contributed by atoms with E-state index in [1.54, 1.807) is 0 Å². The number of rotatable bonds is 5. The lowest BCUT2D eigenvalue weighted by Crippen LogP contribution is -2.12. The van der Waals surface area contributed by atoms with Gasteiger partial charge in [-0.25, -0.2) is 0 Å². The van der Waals surface area contributed by atoms with E-state index in [9.17, 15) is 8.42 Å². The third-order valence-electron chi connectivity index (χ3n) is 1.55. The molecule has 0 saturated heterocycles. The molecule has 0 aromatic carbocycles. The standard InChI is InChI=1S/C7H16O3S/c1-3-4-5-7(2)6-11(8,9)10/h7H,3-6H2,1-2H3,(H,8,9,10). The van der Waals surface area contributed by atoms with Crippen LogP contribution in [0.2, 0.25) is 0 Å². The molecule has 0 aliphatic carbocycles. The van der Waals surface area contributed by atoms with Crippen molar-refractivity contribution in [1.82, 2.24) is 0 Å². The van der Waals surface area contributed by atoms with Crippen molar-refractivity contribution in [3.05, 3.63) is 0 Å². The van der Waals surface area contributed by atoms with E-state index in [0.717, 1.165) is 19.3 Å². The molecule has 68 valence electrons. The summed E-state index contributed by atoms with van der Waals surface area (Å²) >= 11 is 0. The fraction of sp³-hybridized carbons (Fsp3) is 1.00. The minimum absolute atomic E-state index is 0.0740. The van der Waals surface area contributed by atoms with Crippen LogP contribution in [0.5, 0.6) is 0 Å². The van der Waals surface area contributed by atoms with Crippen molar-refractivity contribution in [3.8, 4) is 0 Å². The van der Waals surface area contributed by atoms with Gasteiger partial charge in [-0.05, 0) is 12.3 Å². The number of hydrogen-bond donors (Lipinski definition) is 1. The first-order valence-corrected chi connectivity index (χ1v) is 5.51. The van der Waals surface area contributed by atoms with Gasteiger partial charge in [0, 0.05) is 0 Å². The van der Waals surface area contributed by atoms with Gasteiger partial charge in [0.25, 0.3) is 10.1 Å². The Bertz CT molecular complexity index is 184. The van der Waals surface area contributed by atoms with Crippen LogP contribution < -0.4 is 0 Å². The van der Waals surface area contributed by atoms with E-state index in [4.69, 9.17) is 4.55 Å². The molecule has 0 spiro atoms. The van der Waals surface area contributed by atoms with Crippen molar-refractivity contribution in [3.63, 3.8) is 0 Å². The fourth-order valence-electron chi connectivity index (χ4n) is 0.995. The quantitative estimate of drug-likeness (QED) is 0.655. The van der Waals surface area contributed by atoms with Gasteiger partial charge in [0.15, 0.2) is 0 Å². The lowest BCUT2D eigenvalue weighted by Gasteiger charge is -2.06. The zero-order valence-corrected chi connectivity index (χ0v) is 7.89. The van der Waals surface area contributed by atoms with Gasteiger partial charge in [-0.15, -0.1) is 0 Å². The van der Waals surface area contributed by atoms with Gasteiger partial charge in [0.05, 0.1) is 5.75 Å². The maximum atomic E-state index is 10.4. The van der Waals surface area contributed by atoms with Crippen molar-refractivity contribution < 1.29 is 13.0 Å². The van der Waals surface area contributed by atoms with Gasteiger partial charge < -0.3 is 0 Å². The van der Waals surface area contributed by atoms with Crippen LogP contribution in [0.4, 0.5) is 0 Å². The third kappa shape index (κ3) is 7.81. The minimum Gasteiger partial charge on any atom is -0.286 e. The molecule has 11 heavy (non-hydrogen) atoms. The molecule has 0 bridgehead atoms. The molecule has 0 aliphatic rings. The van der Waals surface area contributed by atoms with Crippen molar-refractivity contribution in [2.45, 2.75) is 33.1 Å². The highest BCUT2D eigenvalue weighted by Gasteiger charge is 2.10. The molecular weight excluding hydrogens is 164 g/mol. The van der Waals surface area contributed by atoms with E-state index in [0.29, 0.717) is 0 Å². The highest BCUT2D eigenvalue weighted by atomic mass is 32.2. The summed E-state index contributed by atoms with van der Waals surface area (Å²) in [6.45, 7) is 3.89. The van der Waals surface area contributed by atoms with Crippen LogP contribution in [-0.2, 0) is 10.1 Å². The van der Waals surface area contributed by atoms with Gasteiger partial charge in [-0.1, -0.05) is 26.7 Å². The Morgan fingerprint density at radius 1 is 1.45 bits per heavy atom. The summed E-state index contributed by atoms with van der Waals surface area (Å²) in [6.07, 6.45) is 2.96. The van der Waals surface area contributed by atoms with Crippen LogP contribution in [0.15, 0.2) is 0 Å². The van der Waals surface area contributed by atoms with E-state index in [2.05, 4.69) is 6.92 Å². The molecule has 0 amide bonds. The smallest absolute Gasteiger partial charge is 0.265 e. The summed E-state index contributed by atoms with van der Waals surface area (Å²) < 4.78 is 29.2. The van der Waals surface area contributed by atoms with Crippen molar-refractivity contribution in [2.24, 2.45) is 5.92 Å². The highest BCUT2D eigenvalue weighted by molar-refractivity contribution is 7.85. The fourth-order valence-corrected chi connectivity index (χ4v) is 1.88. The Labute approximate surface area is 68.6 Å². The molecule has 4 heteroatoms. The summed E-state index contributed by atoms with van der Waals surface area (Å²) in [4.78, 5) is 0. The highest BCUT2D eigenvalue weighted by Crippen LogP contribution is 2.09. The van der Waals surface area contributed by atoms with Crippen LogP contribution in [0, 0.1) is 5.92 Å². The van der Waals surface area contributed by atoms with Crippen molar-refractivity contribution >= 4 is 10.1 Å². The predicted molar refractivity (Wildman–Crippen MR) is 45.1 cm³/mol. The Kier molecular flexibility index (Phi) is 4.68. The zero-order chi connectivity index (χ0) is 8.91. The molecule has 0 aliphatic heterocycles. The maximum Gasteiger partial charge on any atom is 0.265 e. The monoisotopic (exact) mass is 180 g/mol. The average molecular weight is 180 g/mol. The van der Waals surface area contributed by atoms with E-state index in [-0.39, 0.29) is 11.7 Å². The number of unbranched alkanes of at least 4 members (excludes halogenated alkanes) is 1. The Hall–Kier alpha value is -0.0900. The van der Waals surface area contributed by atoms with Gasteiger partial charge in [0.1, 0.15) is 0 Å². The number of hydrogen-bond acceptors (Lipinski definition) is 2. The second kappa shape index (κ2) is 4.72. The molecule has 0 saturated carbocycles. The normalized spacial score (nSPS) is 14.8. The molecule has 0 fully saturated rings. The Balaban J connectivity index is 3.61. The largest absolute Gasteiger partial charge is 0.286 e. The van der Waals surface area contributed by atoms with E-state index < -0.39 is 10.1 Å². The van der Waals surface area contributed by atoms with E-state index >= 15 is 0 Å². The van der Waals surface area contributed by atoms with E-state index in [1.165, 1.54) is 0 Å². The molecule has 0 radical (unpaired) electrons. The average Bonchev–Trinajstić information content (AvgIpc) is 1.79. The van der Waals surface area contributed by atoms with Gasteiger partial charge in [0.2, 0.25) is 0 Å². The van der Waals surface area contributed by atoms with Crippen molar-refractivity contribution in [2.75, 3.05) is 5.75 Å². The van der Waals surface area contributed by atoms with Crippen LogP contribution in [0.25, 0.3) is 0 Å². The zero-order valence-electron chi connectivity index (χ0n) is 7.08. The lowest BCUT2D eigenvalue weighted by molar-refractivity contribution is 0.459. The Morgan fingerprint density at radius 2 is 2.00 bits per heavy atom. The third-order valence-corrected chi connectivity index (χ3v) is 2.54. The van der Waals surface area contributed by atoms with Gasteiger partial charge in [-0.2, -0.15) is 8.42 Å². The molecule has 0 aromatic heterocycles. The molecular formula is C7H16O3S. The maximum absolute atomic E-state index is 10.4. The minimum atomic E-state index is -3.75. The summed E-state index contributed by atoms with van der Waals surface area (Å²) in [7, 11) is -3.75. The van der Waals surface area contributed by atoms with Crippen LogP contribution in [0.1, 0.15) is 33.1 Å². The van der Waals surface area contributed by atoms with Crippen LogP contribution >= 0.6 is 0 Å². The predicted octanol–water partition coefficient (Wildman–Crippen LogP) is 1.70. The summed E-state index contributed by atoms with van der Waals surface area (Å²) in [5, 5.41) is 0. The summed E-state index contributed by atoms with van der Waals surface area (Å²) in [5.74, 6) is -0.0301. The van der Waals surface area contributed by atoms with Crippen LogP contribution in [0.3, 0.4) is 0 Å². The molecule has 1 atom stereocenters. The summed E-state index contributed by atoms with van der Waals surface area (Å²) in [5.41, 5.74) is 0. The molecule has 3 nitrogen and oxygen atoms in total. The van der Waals surface area contributed by atoms with Crippen molar-refractivity contribution in [1.29, 1.82) is 0 Å². The van der Waals surface area contributed by atoms with E-state index in [1.807, 2.05) is 6.92 Å². The molecule has 0 rings (SSSR count). The molecule has 1 N–H and O–H groups in total. The Morgan fingerprint density at radius 3 is 2.36 bits per heavy atom. The second-order valence-corrected chi connectivity index (χ2v) is 4.49. The molecule has 1 unspecified atom stereocenters. The molecule has 0 aromatic rings. The topological polar surface area (TPSA) is 54.4 Å². The first kappa shape index (κ1) is 10.9. The summed E-state index contributed by atoms with van der Waals surface area (Å²) in [6, 6.07) is 0. The lowest BCUT2D eigenvalue weighted by atomic mass is 10.1. The van der Waals surface area contributed by atoms with Crippen LogP contribution in [-0.4, -0.2) is 18.7 Å². The first-order valence-electron chi connectivity index (χ1n) is 3.91. The SMILES string of the molecule is CCCCC(C)CS(=O)(=O)O.